The van der Waals surface area contributed by atoms with Crippen LogP contribution in [-0.4, -0.2) is 24.5 Å². The number of para-hydroxylation sites is 2. The van der Waals surface area contributed by atoms with E-state index in [-0.39, 0.29) is 0 Å². The summed E-state index contributed by atoms with van der Waals surface area (Å²) in [7, 11) is 0. The molecule has 0 saturated carbocycles. The number of rotatable bonds is 4. The second-order valence-electron chi connectivity index (χ2n) is 9.93. The fraction of sp³-hybridized carbons (Fsp3) is 0. The van der Waals surface area contributed by atoms with Crippen LogP contribution in [0.4, 0.5) is 0 Å². The summed E-state index contributed by atoms with van der Waals surface area (Å²) in [5.41, 5.74) is 7.96. The maximum Gasteiger partial charge on any atom is 0.236 e. The van der Waals surface area contributed by atoms with Gasteiger partial charge in [-0.15, -0.1) is 0 Å². The fourth-order valence-electron chi connectivity index (χ4n) is 5.55. The molecule has 0 atom stereocenters. The Morgan fingerprint density at radius 3 is 1.37 bits per heavy atom. The first-order chi connectivity index (χ1) is 20.3. The van der Waals surface area contributed by atoms with E-state index in [0.717, 1.165) is 49.9 Å². The lowest BCUT2D eigenvalue weighted by atomic mass is 10.1. The number of fused-ring (bicyclic) bond motifs is 4. The van der Waals surface area contributed by atoms with Crippen molar-refractivity contribution >= 4 is 32.8 Å². The zero-order valence-corrected chi connectivity index (χ0v) is 22.0. The first-order valence-electron chi connectivity index (χ1n) is 13.6. The van der Waals surface area contributed by atoms with E-state index >= 15 is 0 Å². The molecular weight excluding hydrogens is 502 g/mol. The zero-order valence-electron chi connectivity index (χ0n) is 22.0. The van der Waals surface area contributed by atoms with Crippen LogP contribution in [0.5, 0.6) is 0 Å². The summed E-state index contributed by atoms with van der Waals surface area (Å²) in [6.45, 7) is 0. The summed E-state index contributed by atoms with van der Waals surface area (Å²) < 4.78 is 2.15. The van der Waals surface area contributed by atoms with E-state index in [2.05, 4.69) is 77.4 Å². The highest BCUT2D eigenvalue weighted by Gasteiger charge is 2.21. The van der Waals surface area contributed by atoms with Crippen molar-refractivity contribution in [1.82, 2.24) is 24.5 Å². The highest BCUT2D eigenvalue weighted by Crippen LogP contribution is 2.36. The smallest absolute Gasteiger partial charge is 0.236 e. The first kappa shape index (κ1) is 23.2. The highest BCUT2D eigenvalue weighted by atomic mass is 15.2. The van der Waals surface area contributed by atoms with Gasteiger partial charge in [-0.2, -0.15) is 0 Å². The Balaban J connectivity index is 1.53. The van der Waals surface area contributed by atoms with Gasteiger partial charge >= 0.3 is 0 Å². The lowest BCUT2D eigenvalue weighted by Crippen LogP contribution is -2.06. The predicted molar refractivity (Wildman–Crippen MR) is 166 cm³/mol. The standard InChI is InChI=1S/C36H23N5/c1-4-14-24(15-5-1)31-34-33(38-35(37-31)26-18-8-3-9-19-26)32(25-16-6-2-7-17-25)39-36(40-34)41-29-22-12-10-20-27(29)28-21-11-13-23-30(28)41/h1-23H. The second kappa shape index (κ2) is 9.50. The van der Waals surface area contributed by atoms with E-state index in [1.165, 1.54) is 0 Å². The third kappa shape index (κ3) is 3.86. The summed E-state index contributed by atoms with van der Waals surface area (Å²) in [4.78, 5) is 20.7. The number of hydrogen-bond donors (Lipinski definition) is 0. The molecule has 0 amide bonds. The largest absolute Gasteiger partial charge is 0.278 e. The van der Waals surface area contributed by atoms with Gasteiger partial charge in [-0.05, 0) is 12.1 Å². The van der Waals surface area contributed by atoms with Gasteiger partial charge in [0.05, 0.1) is 11.0 Å². The van der Waals surface area contributed by atoms with E-state index in [9.17, 15) is 0 Å². The van der Waals surface area contributed by atoms with Crippen LogP contribution >= 0.6 is 0 Å². The summed E-state index contributed by atoms with van der Waals surface area (Å²) in [6, 6.07) is 47.3. The summed E-state index contributed by atoms with van der Waals surface area (Å²) in [5, 5.41) is 2.32. The molecule has 0 bridgehead atoms. The lowest BCUT2D eigenvalue weighted by molar-refractivity contribution is 1.01. The third-order valence-electron chi connectivity index (χ3n) is 7.44. The molecule has 5 nitrogen and oxygen atoms in total. The SMILES string of the molecule is c1ccc(-c2nc(-c3ccccc3)c3nc(-n4c5ccccc5c5ccccc54)nc(-c4ccccc4)c3n2)cc1. The number of hydrogen-bond acceptors (Lipinski definition) is 4. The molecule has 0 radical (unpaired) electrons. The van der Waals surface area contributed by atoms with Gasteiger partial charge in [-0.1, -0.05) is 127 Å². The number of nitrogens with zero attached hydrogens (tertiary/aromatic N) is 5. The molecule has 0 fully saturated rings. The van der Waals surface area contributed by atoms with Crippen LogP contribution in [0.25, 0.3) is 72.7 Å². The van der Waals surface area contributed by atoms with E-state index in [4.69, 9.17) is 19.9 Å². The molecule has 0 N–H and O–H groups in total. The number of aromatic nitrogens is 5. The van der Waals surface area contributed by atoms with Gasteiger partial charge in [0.1, 0.15) is 22.4 Å². The van der Waals surface area contributed by atoms with Gasteiger partial charge < -0.3 is 0 Å². The van der Waals surface area contributed by atoms with Crippen LogP contribution in [0, 0.1) is 0 Å². The Morgan fingerprint density at radius 2 is 0.805 bits per heavy atom. The Morgan fingerprint density at radius 1 is 0.366 bits per heavy atom. The van der Waals surface area contributed by atoms with Gasteiger partial charge in [-0.25, -0.2) is 19.9 Å². The summed E-state index contributed by atoms with van der Waals surface area (Å²) in [6.07, 6.45) is 0. The fourth-order valence-corrected chi connectivity index (χ4v) is 5.55. The van der Waals surface area contributed by atoms with Gasteiger partial charge in [0, 0.05) is 27.5 Å². The Labute approximate surface area is 236 Å². The second-order valence-corrected chi connectivity index (χ2v) is 9.93. The average Bonchev–Trinajstić information content (AvgIpc) is 3.39. The first-order valence-corrected chi connectivity index (χ1v) is 13.6. The van der Waals surface area contributed by atoms with Crippen molar-refractivity contribution in [3.05, 3.63) is 140 Å². The Kier molecular flexibility index (Phi) is 5.38. The van der Waals surface area contributed by atoms with Crippen molar-refractivity contribution in [3.63, 3.8) is 0 Å². The van der Waals surface area contributed by atoms with Crippen LogP contribution in [0.15, 0.2) is 140 Å². The lowest BCUT2D eigenvalue weighted by Gasteiger charge is -2.14. The van der Waals surface area contributed by atoms with Crippen LogP contribution in [-0.2, 0) is 0 Å². The van der Waals surface area contributed by atoms with Gasteiger partial charge in [-0.3, -0.25) is 4.57 Å². The van der Waals surface area contributed by atoms with E-state index in [0.29, 0.717) is 22.8 Å². The summed E-state index contributed by atoms with van der Waals surface area (Å²) in [5.74, 6) is 1.23. The molecule has 0 spiro atoms. The maximum atomic E-state index is 5.25. The van der Waals surface area contributed by atoms with Crippen LogP contribution in [0.2, 0.25) is 0 Å². The molecule has 0 aliphatic rings. The van der Waals surface area contributed by atoms with Crippen molar-refractivity contribution < 1.29 is 0 Å². The normalized spacial score (nSPS) is 11.4. The van der Waals surface area contributed by atoms with Crippen molar-refractivity contribution in [2.24, 2.45) is 0 Å². The number of benzene rings is 5. The van der Waals surface area contributed by atoms with Crippen LogP contribution in [0.3, 0.4) is 0 Å². The topological polar surface area (TPSA) is 56.5 Å². The van der Waals surface area contributed by atoms with E-state index < -0.39 is 0 Å². The predicted octanol–water partition coefficient (Wildman–Crippen LogP) is 8.52. The van der Waals surface area contributed by atoms with Crippen LogP contribution in [0.1, 0.15) is 0 Å². The Bertz CT molecular complexity index is 2130. The third-order valence-corrected chi connectivity index (χ3v) is 7.44. The zero-order chi connectivity index (χ0) is 27.2. The van der Waals surface area contributed by atoms with E-state index in [1.807, 2.05) is 66.7 Å². The summed E-state index contributed by atoms with van der Waals surface area (Å²) >= 11 is 0. The molecule has 192 valence electrons. The van der Waals surface area contributed by atoms with Crippen molar-refractivity contribution in [3.8, 4) is 39.9 Å². The molecule has 3 heterocycles. The minimum atomic E-state index is 0.585. The highest BCUT2D eigenvalue weighted by molar-refractivity contribution is 6.09. The quantitative estimate of drug-likeness (QED) is 0.231. The average molecular weight is 526 g/mol. The monoisotopic (exact) mass is 525 g/mol. The molecule has 8 rings (SSSR count). The Hall–Kier alpha value is -5.68. The molecule has 0 unspecified atom stereocenters. The minimum absolute atomic E-state index is 0.585. The van der Waals surface area contributed by atoms with Gasteiger partial charge in [0.2, 0.25) is 5.95 Å². The van der Waals surface area contributed by atoms with Crippen molar-refractivity contribution in [1.29, 1.82) is 0 Å². The molecule has 0 aliphatic heterocycles. The molecular formula is C36H23N5. The van der Waals surface area contributed by atoms with Crippen molar-refractivity contribution in [2.75, 3.05) is 0 Å². The maximum absolute atomic E-state index is 5.25. The molecule has 0 aliphatic carbocycles. The molecule has 8 aromatic rings. The molecule has 3 aromatic heterocycles. The molecule has 41 heavy (non-hydrogen) atoms. The molecule has 5 heteroatoms. The van der Waals surface area contributed by atoms with Gasteiger partial charge in [0.25, 0.3) is 0 Å². The van der Waals surface area contributed by atoms with Crippen LogP contribution < -0.4 is 0 Å². The van der Waals surface area contributed by atoms with E-state index in [1.54, 1.807) is 0 Å². The van der Waals surface area contributed by atoms with Gasteiger partial charge in [0.15, 0.2) is 5.82 Å². The molecule has 5 aromatic carbocycles. The molecule has 0 saturated heterocycles. The minimum Gasteiger partial charge on any atom is -0.278 e. The van der Waals surface area contributed by atoms with Crippen molar-refractivity contribution in [2.45, 2.75) is 0 Å².